The molecule has 0 radical (unpaired) electrons. The highest BCUT2D eigenvalue weighted by Gasteiger charge is 2.26. The molecule has 456 valence electrons. The summed E-state index contributed by atoms with van der Waals surface area (Å²) in [7, 11) is -4.41. The zero-order chi connectivity index (χ0) is 58.0. The van der Waals surface area contributed by atoms with E-state index in [1.165, 1.54) is 122 Å². The number of esters is 2. The fraction of sp³-hybridized carbons (Fsp3) is 0.657. The van der Waals surface area contributed by atoms with Crippen molar-refractivity contribution in [3.8, 4) is 0 Å². The normalized spacial score (nSPS) is 13.9. The van der Waals surface area contributed by atoms with Gasteiger partial charge in [0.15, 0.2) is 6.10 Å². The van der Waals surface area contributed by atoms with Crippen LogP contribution in [0.3, 0.4) is 0 Å². The molecule has 3 N–H and O–H groups in total. The average Bonchev–Trinajstić information content (AvgIpc) is 3.45. The third-order valence-corrected chi connectivity index (χ3v) is 14.3. The van der Waals surface area contributed by atoms with E-state index < -0.39 is 32.5 Å². The lowest BCUT2D eigenvalue weighted by Crippen LogP contribution is -2.29. The van der Waals surface area contributed by atoms with Crippen LogP contribution in [0.25, 0.3) is 0 Å². The topological polar surface area (TPSA) is 134 Å². The molecule has 0 heterocycles. The number of rotatable bonds is 59. The quantitative estimate of drug-likeness (QED) is 0.0264. The predicted molar refractivity (Wildman–Crippen MR) is 344 cm³/mol. The van der Waals surface area contributed by atoms with Gasteiger partial charge in [-0.15, -0.1) is 0 Å². The van der Waals surface area contributed by atoms with Crippen molar-refractivity contribution in [1.82, 2.24) is 0 Å². The second-order valence-corrected chi connectivity index (χ2v) is 22.4. The summed E-state index contributed by atoms with van der Waals surface area (Å²) in [6.45, 7) is 3.61. The number of hydrogen-bond donors (Lipinski definition) is 2. The van der Waals surface area contributed by atoms with Crippen LogP contribution in [-0.2, 0) is 32.7 Å². The van der Waals surface area contributed by atoms with Gasteiger partial charge in [-0.25, -0.2) is 4.57 Å². The van der Waals surface area contributed by atoms with Crippen molar-refractivity contribution in [1.29, 1.82) is 0 Å². The molecule has 9 nitrogen and oxygen atoms in total. The Morgan fingerprint density at radius 3 is 1.02 bits per heavy atom. The minimum Gasteiger partial charge on any atom is -0.462 e. The van der Waals surface area contributed by atoms with E-state index in [9.17, 15) is 19.0 Å². The second-order valence-electron chi connectivity index (χ2n) is 20.9. The molecule has 0 aliphatic carbocycles. The van der Waals surface area contributed by atoms with Crippen molar-refractivity contribution < 1.29 is 37.6 Å². The molecule has 0 aromatic heterocycles. The molecule has 0 aromatic rings. The Balaban J connectivity index is 4.06. The Kier molecular flexibility index (Phi) is 61.2. The molecule has 0 saturated heterocycles. The molecule has 0 rings (SSSR count). The van der Waals surface area contributed by atoms with E-state index in [-0.39, 0.29) is 32.6 Å². The first-order valence-corrected chi connectivity index (χ1v) is 33.7. The SMILES string of the molecule is CC/C=C\C/C=C\C/C=C\C/C=C\C/C=C\C/C=C\C/C=C\C/C=C\C/C=C\C/C=C\C/C=C\CCCCCC(=O)OC(COC(=O)CCCCCCCCCCCCCCCCCCCCCCCC)COP(=O)(O)OCCN. The number of hydrogen-bond acceptors (Lipinski definition) is 8. The molecule has 0 spiro atoms. The first kappa shape index (κ1) is 76.1. The van der Waals surface area contributed by atoms with E-state index in [1.807, 2.05) is 0 Å². The standard InChI is InChI=1S/C70H118NO8P/c1-3-5-7-9-11-13-15-17-19-21-23-25-27-28-29-30-31-32-33-34-35-36-37-38-39-40-41-43-45-47-49-51-53-55-57-59-61-63-70(73)79-68(67-78-80(74,75)77-65-64-71)66-76-69(72)62-60-58-56-54-52-50-48-46-44-42-26-24-22-20-18-16-14-12-10-8-6-4-2/h5,7,11,13,17,19,23,25,28-29,31-32,34-35,37-38,40-41,45,47,51,53,68H,3-4,6,8-10,12,14-16,18,20-22,24,26-27,30,33,36,39,42-44,46,48-50,52,54-67,71H2,1-2H3,(H,74,75)/b7-5-,13-11-,19-17-,25-23-,29-28-,32-31-,35-34-,38-37-,41-40-,47-45-,53-51-. The van der Waals surface area contributed by atoms with Crippen molar-refractivity contribution >= 4 is 19.8 Å². The fourth-order valence-electron chi connectivity index (χ4n) is 8.58. The highest BCUT2D eigenvalue weighted by molar-refractivity contribution is 7.47. The van der Waals surface area contributed by atoms with Crippen molar-refractivity contribution in [3.63, 3.8) is 0 Å². The van der Waals surface area contributed by atoms with E-state index in [0.717, 1.165) is 109 Å². The largest absolute Gasteiger partial charge is 0.472 e. The summed E-state index contributed by atoms with van der Waals surface area (Å²) < 4.78 is 33.1. The number of nitrogens with two attached hydrogens (primary N) is 1. The van der Waals surface area contributed by atoms with Crippen LogP contribution in [0, 0.1) is 0 Å². The Morgan fingerprint density at radius 2 is 0.688 bits per heavy atom. The molecule has 0 fully saturated rings. The van der Waals surface area contributed by atoms with E-state index in [2.05, 4.69) is 148 Å². The van der Waals surface area contributed by atoms with Crippen LogP contribution in [0.5, 0.6) is 0 Å². The third kappa shape index (κ3) is 63.3. The van der Waals surface area contributed by atoms with Gasteiger partial charge in [0.2, 0.25) is 0 Å². The lowest BCUT2D eigenvalue weighted by molar-refractivity contribution is -0.161. The number of carbonyl (C=O) groups excluding carboxylic acids is 2. The van der Waals surface area contributed by atoms with Gasteiger partial charge < -0.3 is 20.1 Å². The summed E-state index contributed by atoms with van der Waals surface area (Å²) in [5.74, 6) is -0.866. The summed E-state index contributed by atoms with van der Waals surface area (Å²) in [6.07, 6.45) is 90.9. The minimum atomic E-state index is -4.41. The van der Waals surface area contributed by atoms with Crippen LogP contribution in [0.1, 0.15) is 264 Å². The molecule has 0 bridgehead atoms. The van der Waals surface area contributed by atoms with Crippen molar-refractivity contribution in [2.24, 2.45) is 5.73 Å². The third-order valence-electron chi connectivity index (χ3n) is 13.3. The predicted octanol–water partition coefficient (Wildman–Crippen LogP) is 20.9. The van der Waals surface area contributed by atoms with Crippen LogP contribution in [0.4, 0.5) is 0 Å². The van der Waals surface area contributed by atoms with Gasteiger partial charge >= 0.3 is 19.8 Å². The van der Waals surface area contributed by atoms with Crippen LogP contribution < -0.4 is 5.73 Å². The van der Waals surface area contributed by atoms with Gasteiger partial charge in [0.1, 0.15) is 6.61 Å². The Bertz CT molecular complexity index is 1770. The molecular formula is C70H118NO8P. The molecule has 0 aliphatic heterocycles. The Hall–Kier alpha value is -3.85. The summed E-state index contributed by atoms with van der Waals surface area (Å²) >= 11 is 0. The molecule has 2 unspecified atom stereocenters. The van der Waals surface area contributed by atoms with Gasteiger partial charge in [-0.1, -0.05) is 289 Å². The van der Waals surface area contributed by atoms with Crippen molar-refractivity contribution in [2.45, 2.75) is 270 Å². The monoisotopic (exact) mass is 1130 g/mol. The van der Waals surface area contributed by atoms with Crippen LogP contribution >= 0.6 is 7.82 Å². The lowest BCUT2D eigenvalue weighted by atomic mass is 10.0. The van der Waals surface area contributed by atoms with Crippen molar-refractivity contribution in [2.75, 3.05) is 26.4 Å². The minimum absolute atomic E-state index is 0.0422. The number of unbranched alkanes of at least 4 members (excludes halogenated alkanes) is 24. The number of ether oxygens (including phenoxy) is 2. The highest BCUT2D eigenvalue weighted by Crippen LogP contribution is 2.43. The Labute approximate surface area is 491 Å². The summed E-state index contributed by atoms with van der Waals surface area (Å²) in [6, 6.07) is 0. The van der Waals surface area contributed by atoms with Crippen LogP contribution in [0.15, 0.2) is 134 Å². The fourth-order valence-corrected chi connectivity index (χ4v) is 9.35. The van der Waals surface area contributed by atoms with Gasteiger partial charge in [0.25, 0.3) is 0 Å². The number of phosphoric acid groups is 1. The Morgan fingerprint density at radius 1 is 0.388 bits per heavy atom. The molecule has 2 atom stereocenters. The summed E-state index contributed by atoms with van der Waals surface area (Å²) in [4.78, 5) is 35.2. The molecule has 0 amide bonds. The van der Waals surface area contributed by atoms with E-state index >= 15 is 0 Å². The van der Waals surface area contributed by atoms with Gasteiger partial charge in [-0.05, 0) is 96.3 Å². The van der Waals surface area contributed by atoms with Gasteiger partial charge in [0, 0.05) is 19.4 Å². The highest BCUT2D eigenvalue weighted by atomic mass is 31.2. The van der Waals surface area contributed by atoms with E-state index in [0.29, 0.717) is 6.42 Å². The molecule has 0 aliphatic rings. The molecule has 10 heteroatoms. The zero-order valence-corrected chi connectivity index (χ0v) is 51.9. The first-order chi connectivity index (χ1) is 39.3. The maximum atomic E-state index is 12.7. The van der Waals surface area contributed by atoms with Gasteiger partial charge in [-0.2, -0.15) is 0 Å². The number of phosphoric ester groups is 1. The van der Waals surface area contributed by atoms with Crippen LogP contribution in [0.2, 0.25) is 0 Å². The van der Waals surface area contributed by atoms with Crippen molar-refractivity contribution in [3.05, 3.63) is 134 Å². The van der Waals surface area contributed by atoms with Gasteiger partial charge in [-0.3, -0.25) is 18.6 Å². The maximum absolute atomic E-state index is 12.7. The second kappa shape index (κ2) is 64.3. The van der Waals surface area contributed by atoms with E-state index in [1.54, 1.807) is 0 Å². The first-order valence-electron chi connectivity index (χ1n) is 32.2. The summed E-state index contributed by atoms with van der Waals surface area (Å²) in [5, 5.41) is 0. The van der Waals surface area contributed by atoms with E-state index in [4.69, 9.17) is 24.3 Å². The summed E-state index contributed by atoms with van der Waals surface area (Å²) in [5.41, 5.74) is 5.39. The molecule has 0 saturated carbocycles. The zero-order valence-electron chi connectivity index (χ0n) is 51.0. The smallest absolute Gasteiger partial charge is 0.462 e. The number of allylic oxidation sites excluding steroid dienone is 22. The molecule has 80 heavy (non-hydrogen) atoms. The average molecular weight is 1130 g/mol. The molecular weight excluding hydrogens is 1010 g/mol. The maximum Gasteiger partial charge on any atom is 0.472 e. The lowest BCUT2D eigenvalue weighted by Gasteiger charge is -2.19. The number of carbonyl (C=O) groups is 2. The van der Waals surface area contributed by atoms with Gasteiger partial charge in [0.05, 0.1) is 13.2 Å². The molecule has 0 aromatic carbocycles. The van der Waals surface area contributed by atoms with Crippen LogP contribution in [-0.4, -0.2) is 49.3 Å².